The van der Waals surface area contributed by atoms with Crippen LogP contribution in [0.2, 0.25) is 0 Å². The Hall–Kier alpha value is -2.70. The second-order valence-electron chi connectivity index (χ2n) is 6.74. The quantitative estimate of drug-likeness (QED) is 0.497. The van der Waals surface area contributed by atoms with E-state index in [2.05, 4.69) is 12.2 Å². The minimum Gasteiger partial charge on any atom is -0.493 e. The molecule has 6 nitrogen and oxygen atoms in total. The Balaban J connectivity index is 2.20. The molecule has 2 unspecified atom stereocenters. The lowest BCUT2D eigenvalue weighted by molar-refractivity contribution is 0.0141. The van der Waals surface area contributed by atoms with Crippen LogP contribution in [0, 0.1) is 5.92 Å². The van der Waals surface area contributed by atoms with E-state index in [-0.39, 0.29) is 12.0 Å². The summed E-state index contributed by atoms with van der Waals surface area (Å²) in [6.07, 6.45) is 4.80. The summed E-state index contributed by atoms with van der Waals surface area (Å²) in [6, 6.07) is 11.7. The van der Waals surface area contributed by atoms with E-state index in [9.17, 15) is 0 Å². The highest BCUT2D eigenvalue weighted by Crippen LogP contribution is 2.35. The molecule has 0 aliphatic carbocycles. The molecule has 0 aliphatic rings. The minimum absolute atomic E-state index is 0.120. The Bertz CT molecular complexity index is 817. The molecule has 2 aromatic carbocycles. The smallest absolute Gasteiger partial charge is 0.161 e. The van der Waals surface area contributed by atoms with E-state index >= 15 is 0 Å². The minimum atomic E-state index is -0.153. The summed E-state index contributed by atoms with van der Waals surface area (Å²) in [5.41, 5.74) is 2.04. The standard InChI is InChI=1S/C24H32O6/c1-25-16-19(9-7-8-17-10-12-20(26-2)22(14-17)28-4)24(30-6)18-11-13-21(27-3)23(15-18)29-5/h7-8,10-15,19,24H,9,16H2,1-6H3. The molecule has 0 amide bonds. The Labute approximate surface area is 179 Å². The van der Waals surface area contributed by atoms with Gasteiger partial charge in [0.05, 0.1) is 41.2 Å². The molecule has 0 aromatic heterocycles. The number of ether oxygens (including phenoxy) is 6. The number of methoxy groups -OCH3 is 6. The van der Waals surface area contributed by atoms with Gasteiger partial charge in [0, 0.05) is 20.1 Å². The Morgan fingerprint density at radius 3 is 1.90 bits per heavy atom. The normalized spacial score (nSPS) is 13.1. The molecule has 0 heterocycles. The molecule has 0 radical (unpaired) electrons. The van der Waals surface area contributed by atoms with Gasteiger partial charge in [-0.25, -0.2) is 0 Å². The van der Waals surface area contributed by atoms with Crippen LogP contribution in [-0.2, 0) is 9.47 Å². The van der Waals surface area contributed by atoms with Crippen molar-refractivity contribution in [1.82, 2.24) is 0 Å². The summed E-state index contributed by atoms with van der Waals surface area (Å²) in [4.78, 5) is 0. The van der Waals surface area contributed by atoms with Gasteiger partial charge in [0.25, 0.3) is 0 Å². The first kappa shape index (κ1) is 23.6. The topological polar surface area (TPSA) is 55.4 Å². The van der Waals surface area contributed by atoms with Gasteiger partial charge in [-0.15, -0.1) is 0 Å². The van der Waals surface area contributed by atoms with E-state index in [1.165, 1.54) is 0 Å². The number of hydrogen-bond acceptors (Lipinski definition) is 6. The van der Waals surface area contributed by atoms with Gasteiger partial charge in [-0.3, -0.25) is 0 Å². The van der Waals surface area contributed by atoms with Crippen molar-refractivity contribution in [3.63, 3.8) is 0 Å². The molecule has 0 saturated carbocycles. The van der Waals surface area contributed by atoms with Crippen LogP contribution in [0.15, 0.2) is 42.5 Å². The first-order valence-corrected chi connectivity index (χ1v) is 9.74. The summed E-state index contributed by atoms with van der Waals surface area (Å²) in [6.45, 7) is 0.559. The van der Waals surface area contributed by atoms with Crippen molar-refractivity contribution >= 4 is 6.08 Å². The predicted octanol–water partition coefficient (Wildman–Crippen LogP) is 4.77. The van der Waals surface area contributed by atoms with Gasteiger partial charge < -0.3 is 28.4 Å². The maximum Gasteiger partial charge on any atom is 0.161 e. The molecular formula is C24H32O6. The summed E-state index contributed by atoms with van der Waals surface area (Å²) < 4.78 is 32.8. The van der Waals surface area contributed by atoms with Crippen LogP contribution in [0.25, 0.3) is 6.08 Å². The lowest BCUT2D eigenvalue weighted by atomic mass is 9.92. The fourth-order valence-electron chi connectivity index (χ4n) is 3.46. The van der Waals surface area contributed by atoms with Gasteiger partial charge in [0.1, 0.15) is 0 Å². The van der Waals surface area contributed by atoms with Crippen LogP contribution in [0.3, 0.4) is 0 Å². The largest absolute Gasteiger partial charge is 0.493 e. The molecule has 0 fully saturated rings. The molecule has 6 heteroatoms. The van der Waals surface area contributed by atoms with Gasteiger partial charge in [0.2, 0.25) is 0 Å². The van der Waals surface area contributed by atoms with E-state index in [0.717, 1.165) is 17.5 Å². The number of hydrogen-bond donors (Lipinski definition) is 0. The Morgan fingerprint density at radius 1 is 0.733 bits per heavy atom. The fraction of sp³-hybridized carbons (Fsp3) is 0.417. The van der Waals surface area contributed by atoms with Gasteiger partial charge in [0.15, 0.2) is 23.0 Å². The monoisotopic (exact) mass is 416 g/mol. The lowest BCUT2D eigenvalue weighted by Crippen LogP contribution is -2.19. The van der Waals surface area contributed by atoms with Gasteiger partial charge in [-0.05, 0) is 41.8 Å². The second kappa shape index (κ2) is 12.1. The molecule has 2 rings (SSSR count). The van der Waals surface area contributed by atoms with Crippen molar-refractivity contribution in [3.05, 3.63) is 53.6 Å². The van der Waals surface area contributed by atoms with Crippen molar-refractivity contribution in [3.8, 4) is 23.0 Å². The second-order valence-corrected chi connectivity index (χ2v) is 6.74. The maximum absolute atomic E-state index is 5.85. The van der Waals surface area contributed by atoms with Crippen LogP contribution < -0.4 is 18.9 Å². The zero-order valence-corrected chi connectivity index (χ0v) is 18.6. The summed E-state index contributed by atoms with van der Waals surface area (Å²) in [7, 11) is 9.92. The zero-order chi connectivity index (χ0) is 21.9. The van der Waals surface area contributed by atoms with Crippen molar-refractivity contribution in [2.24, 2.45) is 5.92 Å². The summed E-state index contributed by atoms with van der Waals surface area (Å²) in [5, 5.41) is 0. The van der Waals surface area contributed by atoms with E-state index in [1.807, 2.05) is 36.4 Å². The molecule has 0 saturated heterocycles. The lowest BCUT2D eigenvalue weighted by Gasteiger charge is -2.25. The first-order chi connectivity index (χ1) is 14.6. The third kappa shape index (κ3) is 5.90. The predicted molar refractivity (Wildman–Crippen MR) is 118 cm³/mol. The molecule has 2 atom stereocenters. The maximum atomic E-state index is 5.85. The van der Waals surface area contributed by atoms with Crippen molar-refractivity contribution in [2.75, 3.05) is 49.3 Å². The molecule has 164 valence electrons. The number of benzene rings is 2. The molecule has 2 aromatic rings. The van der Waals surface area contributed by atoms with Crippen molar-refractivity contribution in [2.45, 2.75) is 12.5 Å². The molecule has 0 bridgehead atoms. The van der Waals surface area contributed by atoms with E-state index in [4.69, 9.17) is 28.4 Å². The average Bonchev–Trinajstić information content (AvgIpc) is 2.79. The highest BCUT2D eigenvalue weighted by Gasteiger charge is 2.23. The third-order valence-corrected chi connectivity index (χ3v) is 4.96. The SMILES string of the molecule is COCC(CC=Cc1ccc(OC)c(OC)c1)C(OC)c1ccc(OC)c(OC)c1. The average molecular weight is 417 g/mol. The molecule has 0 N–H and O–H groups in total. The zero-order valence-electron chi connectivity index (χ0n) is 18.6. The van der Waals surface area contributed by atoms with Crippen LogP contribution >= 0.6 is 0 Å². The van der Waals surface area contributed by atoms with Crippen LogP contribution in [-0.4, -0.2) is 49.3 Å². The molecule has 30 heavy (non-hydrogen) atoms. The van der Waals surface area contributed by atoms with E-state index in [1.54, 1.807) is 42.7 Å². The third-order valence-electron chi connectivity index (χ3n) is 4.96. The van der Waals surface area contributed by atoms with E-state index < -0.39 is 0 Å². The van der Waals surface area contributed by atoms with Crippen LogP contribution in [0.4, 0.5) is 0 Å². The first-order valence-electron chi connectivity index (χ1n) is 9.74. The number of rotatable bonds is 12. The Kier molecular flexibility index (Phi) is 9.51. The highest BCUT2D eigenvalue weighted by molar-refractivity contribution is 5.56. The summed E-state index contributed by atoms with van der Waals surface area (Å²) >= 11 is 0. The van der Waals surface area contributed by atoms with Gasteiger partial charge in [-0.2, -0.15) is 0 Å². The highest BCUT2D eigenvalue weighted by atomic mass is 16.5. The Morgan fingerprint density at radius 2 is 1.33 bits per heavy atom. The van der Waals surface area contributed by atoms with Crippen molar-refractivity contribution in [1.29, 1.82) is 0 Å². The number of allylic oxidation sites excluding steroid dienone is 1. The fourth-order valence-corrected chi connectivity index (χ4v) is 3.46. The van der Waals surface area contributed by atoms with Gasteiger partial charge in [-0.1, -0.05) is 24.3 Å². The van der Waals surface area contributed by atoms with Crippen LogP contribution in [0.1, 0.15) is 23.7 Å². The molecule has 0 aliphatic heterocycles. The van der Waals surface area contributed by atoms with Crippen LogP contribution in [0.5, 0.6) is 23.0 Å². The van der Waals surface area contributed by atoms with E-state index in [0.29, 0.717) is 29.6 Å². The van der Waals surface area contributed by atoms with Gasteiger partial charge >= 0.3 is 0 Å². The summed E-state index contributed by atoms with van der Waals surface area (Å²) in [5.74, 6) is 2.89. The molecular weight excluding hydrogens is 384 g/mol. The molecule has 0 spiro atoms. The van der Waals surface area contributed by atoms with Crippen molar-refractivity contribution < 1.29 is 28.4 Å².